The number of nitrogens with zero attached hydrogens (tertiary/aromatic N) is 2. The van der Waals surface area contributed by atoms with Gasteiger partial charge in [0.2, 0.25) is 0 Å². The van der Waals surface area contributed by atoms with Crippen LogP contribution in [0.25, 0.3) is 5.65 Å². The van der Waals surface area contributed by atoms with Crippen molar-refractivity contribution in [3.05, 3.63) is 28.6 Å². The van der Waals surface area contributed by atoms with Gasteiger partial charge in [-0.3, -0.25) is 4.40 Å². The maximum atomic E-state index is 9.19. The van der Waals surface area contributed by atoms with Crippen molar-refractivity contribution < 1.29 is 5.11 Å². The van der Waals surface area contributed by atoms with Crippen molar-refractivity contribution in [3.63, 3.8) is 0 Å². The molecule has 3 nitrogen and oxygen atoms in total. The molecule has 0 aromatic carbocycles. The smallest absolute Gasteiger partial charge is 0.138 e. The quantitative estimate of drug-likeness (QED) is 0.748. The summed E-state index contributed by atoms with van der Waals surface area (Å²) >= 11 is 3.37. The van der Waals surface area contributed by atoms with Gasteiger partial charge in [0.15, 0.2) is 0 Å². The van der Waals surface area contributed by atoms with Crippen LogP contribution in [0.1, 0.15) is 5.69 Å². The SMILES string of the molecule is Cc1nc2ccc(O)cn2c1Br. The third kappa shape index (κ3) is 0.992. The molecule has 62 valence electrons. The molecule has 4 heteroatoms. The van der Waals surface area contributed by atoms with Crippen molar-refractivity contribution in [2.24, 2.45) is 0 Å². The van der Waals surface area contributed by atoms with E-state index in [2.05, 4.69) is 20.9 Å². The number of aromatic nitrogens is 2. The minimum absolute atomic E-state index is 0.237. The number of halogens is 1. The Bertz CT molecular complexity index is 436. The Labute approximate surface area is 77.8 Å². The Morgan fingerprint density at radius 1 is 1.50 bits per heavy atom. The van der Waals surface area contributed by atoms with E-state index in [-0.39, 0.29) is 5.75 Å². The van der Waals surface area contributed by atoms with Gasteiger partial charge in [0, 0.05) is 0 Å². The zero-order valence-corrected chi connectivity index (χ0v) is 8.04. The fraction of sp³-hybridized carbons (Fsp3) is 0.125. The summed E-state index contributed by atoms with van der Waals surface area (Å²) in [5, 5.41) is 9.19. The molecule has 2 aromatic rings. The van der Waals surface area contributed by atoms with Gasteiger partial charge in [0.25, 0.3) is 0 Å². The highest BCUT2D eigenvalue weighted by Gasteiger charge is 2.04. The first-order valence-electron chi connectivity index (χ1n) is 3.51. The zero-order valence-electron chi connectivity index (χ0n) is 6.45. The van der Waals surface area contributed by atoms with Crippen LogP contribution >= 0.6 is 15.9 Å². The molecule has 0 amide bonds. The molecule has 1 N–H and O–H groups in total. The van der Waals surface area contributed by atoms with Gasteiger partial charge in [-0.25, -0.2) is 4.98 Å². The molecule has 0 saturated carbocycles. The number of rotatable bonds is 0. The Balaban J connectivity index is 2.88. The summed E-state index contributed by atoms with van der Waals surface area (Å²) in [5.74, 6) is 0.237. The van der Waals surface area contributed by atoms with Gasteiger partial charge >= 0.3 is 0 Å². The van der Waals surface area contributed by atoms with Crippen molar-refractivity contribution in [1.82, 2.24) is 9.38 Å². The van der Waals surface area contributed by atoms with E-state index in [1.807, 2.05) is 6.92 Å². The first-order chi connectivity index (χ1) is 5.68. The predicted octanol–water partition coefficient (Wildman–Crippen LogP) is 2.11. The number of pyridine rings is 1. The van der Waals surface area contributed by atoms with Crippen LogP contribution in [0.4, 0.5) is 0 Å². The molecule has 0 aliphatic carbocycles. The topological polar surface area (TPSA) is 37.5 Å². The Morgan fingerprint density at radius 3 is 3.00 bits per heavy atom. The van der Waals surface area contributed by atoms with E-state index in [4.69, 9.17) is 0 Å². The summed E-state index contributed by atoms with van der Waals surface area (Å²) in [4.78, 5) is 4.26. The van der Waals surface area contributed by atoms with Crippen LogP contribution in [0.5, 0.6) is 5.75 Å². The first kappa shape index (κ1) is 7.61. The maximum Gasteiger partial charge on any atom is 0.138 e. The molecule has 0 fully saturated rings. The minimum atomic E-state index is 0.237. The van der Waals surface area contributed by atoms with E-state index in [0.29, 0.717) is 0 Å². The Morgan fingerprint density at radius 2 is 2.25 bits per heavy atom. The molecule has 0 aliphatic heterocycles. The lowest BCUT2D eigenvalue weighted by molar-refractivity contribution is 0.472. The molecule has 2 rings (SSSR count). The average molecular weight is 227 g/mol. The first-order valence-corrected chi connectivity index (χ1v) is 4.31. The van der Waals surface area contributed by atoms with Crippen LogP contribution in [0.15, 0.2) is 22.9 Å². The van der Waals surface area contributed by atoms with Crippen molar-refractivity contribution >= 4 is 21.6 Å². The van der Waals surface area contributed by atoms with Crippen molar-refractivity contribution in [2.75, 3.05) is 0 Å². The average Bonchev–Trinajstić information content (AvgIpc) is 2.31. The molecule has 0 spiro atoms. The largest absolute Gasteiger partial charge is 0.506 e. The number of hydrogen-bond donors (Lipinski definition) is 1. The van der Waals surface area contributed by atoms with Crippen LogP contribution in [0.2, 0.25) is 0 Å². The van der Waals surface area contributed by atoms with E-state index in [0.717, 1.165) is 15.9 Å². The molecule has 2 heterocycles. The van der Waals surface area contributed by atoms with E-state index < -0.39 is 0 Å². The monoisotopic (exact) mass is 226 g/mol. The lowest BCUT2D eigenvalue weighted by Gasteiger charge is -1.95. The lowest BCUT2D eigenvalue weighted by Crippen LogP contribution is -1.82. The summed E-state index contributed by atoms with van der Waals surface area (Å²) < 4.78 is 2.68. The van der Waals surface area contributed by atoms with Gasteiger partial charge in [-0.1, -0.05) is 0 Å². The summed E-state index contributed by atoms with van der Waals surface area (Å²) in [5.41, 5.74) is 1.75. The van der Waals surface area contributed by atoms with Crippen LogP contribution in [0.3, 0.4) is 0 Å². The fourth-order valence-corrected chi connectivity index (χ4v) is 1.50. The summed E-state index contributed by atoms with van der Waals surface area (Å²) in [6.07, 6.45) is 1.62. The van der Waals surface area contributed by atoms with Crippen LogP contribution in [-0.2, 0) is 0 Å². The highest BCUT2D eigenvalue weighted by atomic mass is 79.9. The normalized spacial score (nSPS) is 10.8. The molecule has 0 atom stereocenters. The van der Waals surface area contributed by atoms with Gasteiger partial charge in [-0.05, 0) is 35.0 Å². The van der Waals surface area contributed by atoms with E-state index in [9.17, 15) is 5.11 Å². The molecule has 2 aromatic heterocycles. The summed E-state index contributed by atoms with van der Waals surface area (Å²) in [6, 6.07) is 3.39. The van der Waals surface area contributed by atoms with Crippen molar-refractivity contribution in [1.29, 1.82) is 0 Å². The van der Waals surface area contributed by atoms with Gasteiger partial charge < -0.3 is 5.11 Å². The maximum absolute atomic E-state index is 9.19. The predicted molar refractivity (Wildman–Crippen MR) is 49.3 cm³/mol. The second-order valence-electron chi connectivity index (χ2n) is 2.60. The van der Waals surface area contributed by atoms with Crippen molar-refractivity contribution in [3.8, 4) is 5.75 Å². The number of imidazole rings is 1. The molecule has 12 heavy (non-hydrogen) atoms. The standard InChI is InChI=1S/C8H7BrN2O/c1-5-8(9)11-4-6(12)2-3-7(11)10-5/h2-4,12H,1H3. The van der Waals surface area contributed by atoms with E-state index >= 15 is 0 Å². The number of fused-ring (bicyclic) bond motifs is 1. The molecule has 0 unspecified atom stereocenters. The summed E-state index contributed by atoms with van der Waals surface area (Å²) in [6.45, 7) is 1.91. The van der Waals surface area contributed by atoms with E-state index in [1.54, 1.807) is 22.7 Å². The van der Waals surface area contributed by atoms with Crippen molar-refractivity contribution in [2.45, 2.75) is 6.92 Å². The van der Waals surface area contributed by atoms with Crippen LogP contribution in [0, 0.1) is 6.92 Å². The number of aromatic hydroxyl groups is 1. The van der Waals surface area contributed by atoms with Crippen LogP contribution in [-0.4, -0.2) is 14.5 Å². The zero-order chi connectivity index (χ0) is 8.72. The summed E-state index contributed by atoms with van der Waals surface area (Å²) in [7, 11) is 0. The van der Waals surface area contributed by atoms with Gasteiger partial charge in [-0.15, -0.1) is 0 Å². The second kappa shape index (κ2) is 2.48. The number of aryl methyl sites for hydroxylation is 1. The molecular weight excluding hydrogens is 220 g/mol. The highest BCUT2D eigenvalue weighted by Crippen LogP contribution is 2.20. The molecule has 0 aliphatic rings. The second-order valence-corrected chi connectivity index (χ2v) is 3.35. The van der Waals surface area contributed by atoms with Gasteiger partial charge in [0.1, 0.15) is 16.0 Å². The van der Waals surface area contributed by atoms with E-state index in [1.165, 1.54) is 0 Å². The molecule has 0 saturated heterocycles. The molecule has 0 bridgehead atoms. The minimum Gasteiger partial charge on any atom is -0.506 e. The third-order valence-corrected chi connectivity index (χ3v) is 2.66. The third-order valence-electron chi connectivity index (χ3n) is 1.70. The molecular formula is C8H7BrN2O. The van der Waals surface area contributed by atoms with Gasteiger partial charge in [-0.2, -0.15) is 0 Å². The van der Waals surface area contributed by atoms with Crippen LogP contribution < -0.4 is 0 Å². The lowest BCUT2D eigenvalue weighted by atomic mass is 10.4. The fourth-order valence-electron chi connectivity index (χ4n) is 1.12. The van der Waals surface area contributed by atoms with Gasteiger partial charge in [0.05, 0.1) is 11.9 Å². The molecule has 0 radical (unpaired) electrons. The highest BCUT2D eigenvalue weighted by molar-refractivity contribution is 9.10. The Kier molecular flexibility index (Phi) is 1.58. The Hall–Kier alpha value is -1.03. The number of hydrogen-bond acceptors (Lipinski definition) is 2.